The number of halogens is 3. The van der Waals surface area contributed by atoms with Crippen molar-refractivity contribution in [2.24, 2.45) is 5.41 Å². The molecule has 1 aliphatic rings. The molecule has 7 nitrogen and oxygen atoms in total. The smallest absolute Gasteiger partial charge is 0.303 e. The van der Waals surface area contributed by atoms with E-state index in [2.05, 4.69) is 15.2 Å². The summed E-state index contributed by atoms with van der Waals surface area (Å²) in [5.74, 6) is -3.43. The number of likely N-dealkylation sites (tertiary alicyclic amines) is 1. The van der Waals surface area contributed by atoms with Gasteiger partial charge >= 0.3 is 5.97 Å². The molecule has 1 unspecified atom stereocenters. The first kappa shape index (κ1) is 28.6. The van der Waals surface area contributed by atoms with Gasteiger partial charge in [-0.3, -0.25) is 9.78 Å². The van der Waals surface area contributed by atoms with Crippen molar-refractivity contribution in [1.82, 2.24) is 9.88 Å². The van der Waals surface area contributed by atoms with E-state index < -0.39 is 34.9 Å². The van der Waals surface area contributed by atoms with Gasteiger partial charge in [0.05, 0.1) is 30.8 Å². The first-order valence-corrected chi connectivity index (χ1v) is 13.0. The van der Waals surface area contributed by atoms with Crippen molar-refractivity contribution in [2.75, 3.05) is 38.6 Å². The molecule has 0 saturated carbocycles. The summed E-state index contributed by atoms with van der Waals surface area (Å²) < 4.78 is 46.1. The number of methoxy groups -OCH3 is 1. The van der Waals surface area contributed by atoms with Crippen molar-refractivity contribution in [3.8, 4) is 5.75 Å². The summed E-state index contributed by atoms with van der Waals surface area (Å²) in [6.07, 6.45) is 3.12. The predicted molar refractivity (Wildman–Crippen MR) is 142 cm³/mol. The van der Waals surface area contributed by atoms with Crippen LogP contribution in [-0.4, -0.2) is 59.4 Å². The topological polar surface area (TPSA) is 94.9 Å². The van der Waals surface area contributed by atoms with Crippen LogP contribution in [0.15, 0.2) is 36.5 Å². The summed E-state index contributed by atoms with van der Waals surface area (Å²) >= 11 is 0. The van der Waals surface area contributed by atoms with Gasteiger partial charge in [-0.15, -0.1) is 0 Å². The van der Waals surface area contributed by atoms with Crippen LogP contribution in [0.25, 0.3) is 10.9 Å². The third kappa shape index (κ3) is 6.80. The van der Waals surface area contributed by atoms with Gasteiger partial charge in [-0.1, -0.05) is 0 Å². The quantitative estimate of drug-likeness (QED) is 0.276. The molecule has 0 aliphatic carbocycles. The summed E-state index contributed by atoms with van der Waals surface area (Å²) in [6.45, 7) is 3.93. The number of piperidine rings is 1. The minimum absolute atomic E-state index is 0.00346. The number of nitrogens with zero attached hydrogens (tertiary/aromatic N) is 2. The van der Waals surface area contributed by atoms with Gasteiger partial charge in [0.15, 0.2) is 11.6 Å². The summed E-state index contributed by atoms with van der Waals surface area (Å²) in [4.78, 5) is 18.3. The van der Waals surface area contributed by atoms with Crippen molar-refractivity contribution < 1.29 is 32.9 Å². The van der Waals surface area contributed by atoms with E-state index >= 15 is 0 Å². The normalized spacial score (nSPS) is 16.3. The lowest BCUT2D eigenvalue weighted by Crippen LogP contribution is -2.43. The summed E-state index contributed by atoms with van der Waals surface area (Å²) in [6, 6.07) is 6.94. The van der Waals surface area contributed by atoms with Crippen molar-refractivity contribution in [3.63, 3.8) is 0 Å². The minimum Gasteiger partial charge on any atom is -0.497 e. The maximum atomic E-state index is 13.9. The molecular formula is C29H34F3N3O4. The number of nitrogens with one attached hydrogen (secondary N) is 1. The molecule has 210 valence electrons. The van der Waals surface area contributed by atoms with Crippen LogP contribution in [0.4, 0.5) is 18.9 Å². The number of aromatic nitrogens is 1. The van der Waals surface area contributed by atoms with Crippen LogP contribution in [0.1, 0.15) is 49.3 Å². The number of rotatable bonds is 11. The van der Waals surface area contributed by atoms with E-state index in [9.17, 15) is 28.2 Å². The highest BCUT2D eigenvalue weighted by Crippen LogP contribution is 2.42. The number of hydrogen-bond donors (Lipinski definition) is 3. The molecule has 10 heteroatoms. The Bertz CT molecular complexity index is 1330. The number of ether oxygens (including phenoxy) is 1. The van der Waals surface area contributed by atoms with Crippen LogP contribution in [-0.2, 0) is 4.79 Å². The van der Waals surface area contributed by atoms with E-state index in [1.165, 1.54) is 0 Å². The number of aliphatic hydroxyl groups excluding tert-OH is 1. The molecule has 3 aromatic rings. The molecule has 2 aromatic carbocycles. The molecule has 1 aliphatic heterocycles. The van der Waals surface area contributed by atoms with E-state index in [0.717, 1.165) is 28.1 Å². The zero-order valence-corrected chi connectivity index (χ0v) is 22.1. The van der Waals surface area contributed by atoms with E-state index in [0.29, 0.717) is 57.1 Å². The van der Waals surface area contributed by atoms with Crippen LogP contribution in [0.3, 0.4) is 0 Å². The Kier molecular flexibility index (Phi) is 8.97. The zero-order valence-electron chi connectivity index (χ0n) is 22.1. The zero-order chi connectivity index (χ0) is 28.2. The van der Waals surface area contributed by atoms with Gasteiger partial charge < -0.3 is 25.2 Å². The van der Waals surface area contributed by atoms with Gasteiger partial charge in [-0.05, 0) is 80.4 Å². The number of carboxylic acid groups (broad SMARTS) is 1. The Labute approximate surface area is 225 Å². The minimum atomic E-state index is -1.25. The summed E-state index contributed by atoms with van der Waals surface area (Å²) in [7, 11) is 1.58. The van der Waals surface area contributed by atoms with Gasteiger partial charge in [-0.2, -0.15) is 0 Å². The van der Waals surface area contributed by atoms with Crippen LogP contribution in [0, 0.1) is 29.8 Å². The molecule has 0 radical (unpaired) electrons. The SMILES string of the molecule is COc1ccc2ncc(C)c(C(O)CCC3(CC(=O)O)CCN(CCNc4cc(F)cc(F)c4F)CC3)c2c1. The lowest BCUT2D eigenvalue weighted by molar-refractivity contribution is -0.141. The molecule has 1 aromatic heterocycles. The molecule has 2 heterocycles. The van der Waals surface area contributed by atoms with Gasteiger partial charge in [0.25, 0.3) is 0 Å². The number of benzene rings is 2. The van der Waals surface area contributed by atoms with Gasteiger partial charge in [0, 0.05) is 36.8 Å². The van der Waals surface area contributed by atoms with E-state index in [-0.39, 0.29) is 18.7 Å². The number of carboxylic acids is 1. The number of carbonyl (C=O) groups is 1. The summed E-state index contributed by atoms with van der Waals surface area (Å²) in [5.41, 5.74) is 1.68. The maximum absolute atomic E-state index is 13.9. The number of aliphatic hydroxyl groups is 1. The molecule has 0 amide bonds. The fourth-order valence-electron chi connectivity index (χ4n) is 5.57. The van der Waals surface area contributed by atoms with E-state index in [1.807, 2.05) is 25.1 Å². The number of aliphatic carboxylic acids is 1. The lowest BCUT2D eigenvalue weighted by atomic mass is 9.71. The van der Waals surface area contributed by atoms with Gasteiger partial charge in [0.2, 0.25) is 0 Å². The summed E-state index contributed by atoms with van der Waals surface area (Å²) in [5, 5.41) is 24.5. The first-order chi connectivity index (χ1) is 18.6. The molecule has 0 bridgehead atoms. The number of fused-ring (bicyclic) bond motifs is 1. The van der Waals surface area contributed by atoms with Crippen LogP contribution < -0.4 is 10.1 Å². The fraction of sp³-hybridized carbons (Fsp3) is 0.448. The Morgan fingerprint density at radius 1 is 1.21 bits per heavy atom. The van der Waals surface area contributed by atoms with Crippen molar-refractivity contribution in [1.29, 1.82) is 0 Å². The third-order valence-electron chi connectivity index (χ3n) is 7.78. The molecule has 1 fully saturated rings. The predicted octanol–water partition coefficient (Wildman–Crippen LogP) is 5.45. The highest BCUT2D eigenvalue weighted by molar-refractivity contribution is 5.84. The van der Waals surface area contributed by atoms with Crippen molar-refractivity contribution >= 4 is 22.6 Å². The Balaban J connectivity index is 1.39. The Morgan fingerprint density at radius 3 is 2.64 bits per heavy atom. The van der Waals surface area contributed by atoms with E-state index in [4.69, 9.17) is 4.74 Å². The molecule has 1 atom stereocenters. The average Bonchev–Trinajstić information content (AvgIpc) is 2.90. The van der Waals surface area contributed by atoms with Crippen molar-refractivity contribution in [2.45, 2.75) is 45.1 Å². The first-order valence-electron chi connectivity index (χ1n) is 13.0. The van der Waals surface area contributed by atoms with Crippen LogP contribution in [0.2, 0.25) is 0 Å². The molecule has 0 spiro atoms. The van der Waals surface area contributed by atoms with E-state index in [1.54, 1.807) is 13.3 Å². The van der Waals surface area contributed by atoms with Gasteiger partial charge in [-0.25, -0.2) is 13.2 Å². The van der Waals surface area contributed by atoms with Gasteiger partial charge in [0.1, 0.15) is 11.6 Å². The Hall–Kier alpha value is -3.37. The fourth-order valence-corrected chi connectivity index (χ4v) is 5.57. The number of pyridine rings is 1. The second-order valence-electron chi connectivity index (χ2n) is 10.4. The second-order valence-corrected chi connectivity index (χ2v) is 10.4. The number of anilines is 1. The molecule has 4 rings (SSSR count). The number of hydrogen-bond acceptors (Lipinski definition) is 6. The molecular weight excluding hydrogens is 511 g/mol. The standard InChI is InChI=1S/C29H34F3N3O4/c1-18-17-34-23-4-3-20(39-2)15-21(23)27(18)25(36)5-6-29(16-26(37)38)7-10-35(11-8-29)12-9-33-24-14-19(30)13-22(31)28(24)32/h3-4,13-15,17,25,33,36H,5-12,16H2,1-2H3,(H,37,38). The largest absolute Gasteiger partial charge is 0.497 e. The van der Waals surface area contributed by atoms with Crippen LogP contribution in [0.5, 0.6) is 5.75 Å². The Morgan fingerprint density at radius 2 is 1.95 bits per heavy atom. The van der Waals surface area contributed by atoms with Crippen molar-refractivity contribution in [3.05, 3.63) is 65.1 Å². The maximum Gasteiger partial charge on any atom is 0.303 e. The lowest BCUT2D eigenvalue weighted by Gasteiger charge is -2.41. The highest BCUT2D eigenvalue weighted by Gasteiger charge is 2.37. The third-order valence-corrected chi connectivity index (χ3v) is 7.78. The molecule has 1 saturated heterocycles. The van der Waals surface area contributed by atoms with Crippen LogP contribution >= 0.6 is 0 Å². The second kappa shape index (κ2) is 12.2. The number of aryl methyl sites for hydroxylation is 1. The molecule has 39 heavy (non-hydrogen) atoms. The molecule has 3 N–H and O–H groups in total. The average molecular weight is 546 g/mol. The highest BCUT2D eigenvalue weighted by atomic mass is 19.2. The monoisotopic (exact) mass is 545 g/mol.